The van der Waals surface area contributed by atoms with Gasteiger partial charge in [-0.3, -0.25) is 4.79 Å². The summed E-state index contributed by atoms with van der Waals surface area (Å²) in [5.41, 5.74) is 4.98. The van der Waals surface area contributed by atoms with E-state index in [1.165, 1.54) is 17.3 Å². The van der Waals surface area contributed by atoms with Crippen molar-refractivity contribution in [1.29, 1.82) is 0 Å². The standard InChI is InChI=1S/C21H19N5OS/c1-2-25-17-10-6-4-8-15(17)19-20(25)22-21(24-23-19)28-13-18(27)26-12-11-14-7-3-5-9-16(14)26/h3-10H,2,11-13H2,1H3. The second-order valence-corrected chi connectivity index (χ2v) is 7.68. The molecular weight excluding hydrogens is 370 g/mol. The van der Waals surface area contributed by atoms with Crippen LogP contribution in [0.3, 0.4) is 0 Å². The van der Waals surface area contributed by atoms with Crippen LogP contribution in [0.25, 0.3) is 22.1 Å². The van der Waals surface area contributed by atoms with Gasteiger partial charge in [0.1, 0.15) is 5.52 Å². The number of thioether (sulfide) groups is 1. The highest BCUT2D eigenvalue weighted by atomic mass is 32.2. The van der Waals surface area contributed by atoms with E-state index in [-0.39, 0.29) is 5.91 Å². The van der Waals surface area contributed by atoms with E-state index in [0.717, 1.165) is 47.3 Å². The van der Waals surface area contributed by atoms with Crippen LogP contribution >= 0.6 is 11.8 Å². The molecule has 0 spiro atoms. The van der Waals surface area contributed by atoms with Crippen LogP contribution in [0.1, 0.15) is 12.5 Å². The number of aromatic nitrogens is 4. The Morgan fingerprint density at radius 3 is 2.82 bits per heavy atom. The van der Waals surface area contributed by atoms with Crippen molar-refractivity contribution in [2.75, 3.05) is 17.2 Å². The molecule has 0 aliphatic carbocycles. The molecule has 5 rings (SSSR count). The molecule has 7 heteroatoms. The molecule has 0 radical (unpaired) electrons. The molecule has 3 heterocycles. The second-order valence-electron chi connectivity index (χ2n) is 6.74. The summed E-state index contributed by atoms with van der Waals surface area (Å²) in [7, 11) is 0. The molecule has 0 saturated carbocycles. The highest BCUT2D eigenvalue weighted by Gasteiger charge is 2.24. The molecule has 4 aromatic rings. The summed E-state index contributed by atoms with van der Waals surface area (Å²) >= 11 is 1.34. The van der Waals surface area contributed by atoms with Gasteiger partial charge in [-0.2, -0.15) is 0 Å². The van der Waals surface area contributed by atoms with Gasteiger partial charge in [-0.05, 0) is 31.0 Å². The SMILES string of the molecule is CCn1c2ccccc2c2nnc(SCC(=O)N3CCc4ccccc43)nc21. The Morgan fingerprint density at radius 2 is 1.93 bits per heavy atom. The molecule has 2 aromatic heterocycles. The molecule has 0 N–H and O–H groups in total. The summed E-state index contributed by atoms with van der Waals surface area (Å²) in [6.45, 7) is 3.63. The molecule has 28 heavy (non-hydrogen) atoms. The van der Waals surface area contributed by atoms with E-state index < -0.39 is 0 Å². The van der Waals surface area contributed by atoms with Gasteiger partial charge in [-0.15, -0.1) is 10.2 Å². The van der Waals surface area contributed by atoms with Crippen LogP contribution in [0.15, 0.2) is 53.7 Å². The summed E-state index contributed by atoms with van der Waals surface area (Å²) in [6, 6.07) is 16.2. The number of amides is 1. The molecule has 1 aliphatic heterocycles. The number of hydrogen-bond acceptors (Lipinski definition) is 5. The number of carbonyl (C=O) groups excluding carboxylic acids is 1. The Bertz CT molecular complexity index is 1200. The first-order valence-corrected chi connectivity index (χ1v) is 10.4. The third-order valence-corrected chi connectivity index (χ3v) is 6.01. The second kappa shape index (κ2) is 6.91. The van der Waals surface area contributed by atoms with Gasteiger partial charge in [-0.25, -0.2) is 4.98 Å². The number of anilines is 1. The van der Waals surface area contributed by atoms with Crippen molar-refractivity contribution in [3.63, 3.8) is 0 Å². The fraction of sp³-hybridized carbons (Fsp3) is 0.238. The number of para-hydroxylation sites is 2. The van der Waals surface area contributed by atoms with Crippen molar-refractivity contribution < 1.29 is 4.79 Å². The van der Waals surface area contributed by atoms with Crippen molar-refractivity contribution in [3.8, 4) is 0 Å². The van der Waals surface area contributed by atoms with E-state index in [9.17, 15) is 4.79 Å². The Morgan fingerprint density at radius 1 is 1.11 bits per heavy atom. The summed E-state index contributed by atoms with van der Waals surface area (Å²) in [5.74, 6) is 0.378. The van der Waals surface area contributed by atoms with Gasteiger partial charge in [0.2, 0.25) is 11.1 Å². The predicted molar refractivity (Wildman–Crippen MR) is 112 cm³/mol. The van der Waals surface area contributed by atoms with Crippen LogP contribution in [-0.4, -0.2) is 38.0 Å². The fourth-order valence-corrected chi connectivity index (χ4v) is 4.53. The normalized spacial score (nSPS) is 13.4. The number of fused-ring (bicyclic) bond motifs is 4. The van der Waals surface area contributed by atoms with E-state index in [1.54, 1.807) is 0 Å². The Hall–Kier alpha value is -2.93. The van der Waals surface area contributed by atoms with E-state index in [0.29, 0.717) is 10.9 Å². The van der Waals surface area contributed by atoms with Crippen LogP contribution in [0, 0.1) is 0 Å². The van der Waals surface area contributed by atoms with Gasteiger partial charge in [0.05, 0.1) is 11.3 Å². The molecule has 2 aromatic carbocycles. The molecule has 0 fully saturated rings. The maximum Gasteiger partial charge on any atom is 0.237 e. The summed E-state index contributed by atoms with van der Waals surface area (Å²) in [4.78, 5) is 19.3. The van der Waals surface area contributed by atoms with E-state index in [1.807, 2.05) is 41.3 Å². The highest BCUT2D eigenvalue weighted by molar-refractivity contribution is 7.99. The Kier molecular flexibility index (Phi) is 4.24. The van der Waals surface area contributed by atoms with Crippen LogP contribution in [0.4, 0.5) is 5.69 Å². The molecule has 140 valence electrons. The number of nitrogens with zero attached hydrogens (tertiary/aromatic N) is 5. The molecule has 0 unspecified atom stereocenters. The lowest BCUT2D eigenvalue weighted by atomic mass is 10.2. The minimum Gasteiger partial charge on any atom is -0.324 e. The fourth-order valence-electron chi connectivity index (χ4n) is 3.87. The smallest absolute Gasteiger partial charge is 0.237 e. The van der Waals surface area contributed by atoms with Gasteiger partial charge in [0.15, 0.2) is 5.65 Å². The number of carbonyl (C=O) groups is 1. The van der Waals surface area contributed by atoms with Crippen molar-refractivity contribution in [3.05, 3.63) is 54.1 Å². The van der Waals surface area contributed by atoms with Crippen LogP contribution in [-0.2, 0) is 17.8 Å². The largest absolute Gasteiger partial charge is 0.324 e. The molecule has 0 bridgehead atoms. The van der Waals surface area contributed by atoms with Crippen LogP contribution < -0.4 is 4.90 Å². The third-order valence-electron chi connectivity index (χ3n) is 5.18. The monoisotopic (exact) mass is 389 g/mol. The lowest BCUT2D eigenvalue weighted by Crippen LogP contribution is -2.30. The lowest BCUT2D eigenvalue weighted by Gasteiger charge is -2.16. The zero-order chi connectivity index (χ0) is 19.1. The zero-order valence-corrected chi connectivity index (χ0v) is 16.3. The predicted octanol–water partition coefficient (Wildman–Crippen LogP) is 3.68. The van der Waals surface area contributed by atoms with E-state index in [4.69, 9.17) is 4.98 Å². The van der Waals surface area contributed by atoms with Gasteiger partial charge < -0.3 is 9.47 Å². The molecule has 1 aliphatic rings. The quantitative estimate of drug-likeness (QED) is 0.498. The van der Waals surface area contributed by atoms with Gasteiger partial charge in [0.25, 0.3) is 0 Å². The minimum absolute atomic E-state index is 0.0784. The van der Waals surface area contributed by atoms with Gasteiger partial charge >= 0.3 is 0 Å². The van der Waals surface area contributed by atoms with Crippen molar-refractivity contribution in [2.24, 2.45) is 0 Å². The average molecular weight is 389 g/mol. The van der Waals surface area contributed by atoms with Crippen LogP contribution in [0.5, 0.6) is 0 Å². The average Bonchev–Trinajstić information content (AvgIpc) is 3.30. The van der Waals surface area contributed by atoms with Gasteiger partial charge in [-0.1, -0.05) is 48.2 Å². The summed E-state index contributed by atoms with van der Waals surface area (Å²) in [5, 5.41) is 10.3. The van der Waals surface area contributed by atoms with E-state index >= 15 is 0 Å². The lowest BCUT2D eigenvalue weighted by molar-refractivity contribution is -0.116. The topological polar surface area (TPSA) is 63.9 Å². The minimum atomic E-state index is 0.0784. The Labute approximate surface area is 166 Å². The summed E-state index contributed by atoms with van der Waals surface area (Å²) in [6.07, 6.45) is 0.910. The highest BCUT2D eigenvalue weighted by Crippen LogP contribution is 2.29. The molecular formula is C21H19N5OS. The number of aryl methyl sites for hydroxylation is 1. The first-order valence-electron chi connectivity index (χ1n) is 9.39. The number of benzene rings is 2. The maximum absolute atomic E-state index is 12.7. The zero-order valence-electron chi connectivity index (χ0n) is 15.5. The van der Waals surface area contributed by atoms with Crippen LogP contribution in [0.2, 0.25) is 0 Å². The third kappa shape index (κ3) is 2.74. The van der Waals surface area contributed by atoms with Crippen molar-refractivity contribution in [2.45, 2.75) is 25.0 Å². The maximum atomic E-state index is 12.7. The molecule has 6 nitrogen and oxygen atoms in total. The molecule has 0 atom stereocenters. The molecule has 0 saturated heterocycles. The number of hydrogen-bond donors (Lipinski definition) is 0. The first kappa shape index (κ1) is 17.2. The van der Waals surface area contributed by atoms with E-state index in [2.05, 4.69) is 33.8 Å². The Balaban J connectivity index is 1.40. The summed E-state index contributed by atoms with van der Waals surface area (Å²) < 4.78 is 2.14. The van der Waals surface area contributed by atoms with Crippen molar-refractivity contribution >= 4 is 45.4 Å². The van der Waals surface area contributed by atoms with Crippen molar-refractivity contribution in [1.82, 2.24) is 19.7 Å². The number of rotatable bonds is 4. The molecule has 1 amide bonds. The first-order chi connectivity index (χ1) is 13.8. The van der Waals surface area contributed by atoms with Gasteiger partial charge in [0, 0.05) is 24.2 Å².